The number of amides is 1. The van der Waals surface area contributed by atoms with E-state index in [1.807, 2.05) is 37.0 Å². The molecule has 23 heavy (non-hydrogen) atoms. The monoisotopic (exact) mass is 316 g/mol. The van der Waals surface area contributed by atoms with Crippen molar-refractivity contribution in [2.24, 2.45) is 0 Å². The molecule has 2 aromatic rings. The van der Waals surface area contributed by atoms with Gasteiger partial charge in [-0.05, 0) is 57.5 Å². The summed E-state index contributed by atoms with van der Waals surface area (Å²) in [7, 11) is 0. The van der Waals surface area contributed by atoms with Crippen molar-refractivity contribution in [2.75, 3.05) is 19.6 Å². The third-order valence-corrected chi connectivity index (χ3v) is 4.20. The Labute approximate surface area is 136 Å². The van der Waals surface area contributed by atoms with Crippen LogP contribution in [0.3, 0.4) is 0 Å². The maximum atomic E-state index is 12.2. The Morgan fingerprint density at radius 1 is 1.39 bits per heavy atom. The van der Waals surface area contributed by atoms with Gasteiger partial charge in [0.15, 0.2) is 5.76 Å². The van der Waals surface area contributed by atoms with Gasteiger partial charge in [0.1, 0.15) is 5.76 Å². The van der Waals surface area contributed by atoms with Crippen LogP contribution in [-0.2, 0) is 6.54 Å². The van der Waals surface area contributed by atoms with Crippen LogP contribution in [0, 0.1) is 6.92 Å². The molecule has 1 amide bonds. The molecule has 3 heterocycles. The molecule has 0 bridgehead atoms. The minimum absolute atomic E-state index is 0.103. The Kier molecular flexibility index (Phi) is 4.81. The zero-order chi connectivity index (χ0) is 16.2. The van der Waals surface area contributed by atoms with Crippen LogP contribution in [0.5, 0.6) is 0 Å². The molecule has 1 aliphatic rings. The number of rotatable bonds is 6. The van der Waals surface area contributed by atoms with Gasteiger partial charge in [-0.25, -0.2) is 0 Å². The highest BCUT2D eigenvalue weighted by atomic mass is 16.4. The fourth-order valence-corrected chi connectivity index (χ4v) is 2.84. The number of aromatic nitrogens is 2. The summed E-state index contributed by atoms with van der Waals surface area (Å²) in [5, 5.41) is 7.17. The second-order valence-electron chi connectivity index (χ2n) is 6.31. The van der Waals surface area contributed by atoms with Gasteiger partial charge in [-0.1, -0.05) is 0 Å². The number of hydrogen-bond donors (Lipinski definition) is 1. The zero-order valence-corrected chi connectivity index (χ0v) is 13.8. The van der Waals surface area contributed by atoms with Crippen LogP contribution in [0.4, 0.5) is 0 Å². The SMILES string of the molecule is Cc1cnn([C@@H](C)CNC(=O)c2ccc(CN3CCCC3)o2)c1. The molecular weight excluding hydrogens is 292 g/mol. The van der Waals surface area contributed by atoms with Gasteiger partial charge in [-0.3, -0.25) is 14.4 Å². The normalized spacial score (nSPS) is 16.6. The number of likely N-dealkylation sites (tertiary alicyclic amines) is 1. The first-order valence-electron chi connectivity index (χ1n) is 8.22. The van der Waals surface area contributed by atoms with Gasteiger partial charge >= 0.3 is 0 Å². The molecular formula is C17H24N4O2. The summed E-state index contributed by atoms with van der Waals surface area (Å²) in [4.78, 5) is 14.5. The van der Waals surface area contributed by atoms with Gasteiger partial charge in [-0.2, -0.15) is 5.10 Å². The Balaban J connectivity index is 1.50. The van der Waals surface area contributed by atoms with E-state index >= 15 is 0 Å². The molecule has 0 aromatic carbocycles. The quantitative estimate of drug-likeness (QED) is 0.889. The lowest BCUT2D eigenvalue weighted by Crippen LogP contribution is -2.29. The topological polar surface area (TPSA) is 63.3 Å². The molecule has 1 saturated heterocycles. The number of aryl methyl sites for hydroxylation is 1. The first kappa shape index (κ1) is 15.8. The first-order chi connectivity index (χ1) is 11.1. The first-order valence-corrected chi connectivity index (χ1v) is 8.22. The number of carbonyl (C=O) groups excluding carboxylic acids is 1. The third kappa shape index (κ3) is 4.01. The molecule has 0 unspecified atom stereocenters. The Morgan fingerprint density at radius 2 is 2.17 bits per heavy atom. The summed E-state index contributed by atoms with van der Waals surface area (Å²) in [6.07, 6.45) is 6.28. The standard InChI is InChI=1S/C17H24N4O2/c1-13-9-19-21(11-13)14(2)10-18-17(22)16-6-5-15(23-16)12-20-7-3-4-8-20/h5-6,9,11,14H,3-4,7-8,10,12H2,1-2H3,(H,18,22)/t14-/m0/s1. The van der Waals surface area contributed by atoms with Gasteiger partial charge in [0.2, 0.25) is 0 Å². The highest BCUT2D eigenvalue weighted by Gasteiger charge is 2.16. The molecule has 0 radical (unpaired) electrons. The molecule has 2 aromatic heterocycles. The number of hydrogen-bond acceptors (Lipinski definition) is 4. The largest absolute Gasteiger partial charge is 0.455 e. The van der Waals surface area contributed by atoms with Crippen molar-refractivity contribution in [3.05, 3.63) is 41.6 Å². The van der Waals surface area contributed by atoms with Gasteiger partial charge < -0.3 is 9.73 Å². The molecule has 1 atom stereocenters. The lowest BCUT2D eigenvalue weighted by molar-refractivity contribution is 0.0916. The minimum atomic E-state index is -0.173. The average Bonchev–Trinajstić information content (AvgIpc) is 3.27. The lowest BCUT2D eigenvalue weighted by atomic mass is 10.3. The smallest absolute Gasteiger partial charge is 0.287 e. The third-order valence-electron chi connectivity index (χ3n) is 4.20. The molecule has 0 saturated carbocycles. The molecule has 1 fully saturated rings. The van der Waals surface area contributed by atoms with Crippen LogP contribution >= 0.6 is 0 Å². The highest BCUT2D eigenvalue weighted by molar-refractivity contribution is 5.91. The van der Waals surface area contributed by atoms with Crippen LogP contribution in [0.2, 0.25) is 0 Å². The van der Waals surface area contributed by atoms with E-state index < -0.39 is 0 Å². The van der Waals surface area contributed by atoms with Crippen molar-refractivity contribution in [1.82, 2.24) is 20.0 Å². The zero-order valence-electron chi connectivity index (χ0n) is 13.8. The average molecular weight is 316 g/mol. The predicted molar refractivity (Wildman–Crippen MR) is 87.2 cm³/mol. The Morgan fingerprint density at radius 3 is 2.87 bits per heavy atom. The molecule has 6 nitrogen and oxygen atoms in total. The molecule has 1 N–H and O–H groups in total. The van der Waals surface area contributed by atoms with Crippen LogP contribution < -0.4 is 5.32 Å². The number of furan rings is 1. The van der Waals surface area contributed by atoms with Crippen LogP contribution in [0.25, 0.3) is 0 Å². The van der Waals surface area contributed by atoms with Gasteiger partial charge in [0.05, 0.1) is 18.8 Å². The summed E-state index contributed by atoms with van der Waals surface area (Å²) >= 11 is 0. The van der Waals surface area contributed by atoms with Crippen molar-refractivity contribution in [1.29, 1.82) is 0 Å². The molecule has 3 rings (SSSR count). The molecule has 0 spiro atoms. The van der Waals surface area contributed by atoms with Crippen LogP contribution in [-0.4, -0.2) is 40.2 Å². The molecule has 124 valence electrons. The number of carbonyl (C=O) groups is 1. The summed E-state index contributed by atoms with van der Waals surface area (Å²) in [6.45, 7) is 7.55. The second kappa shape index (κ2) is 7.00. The number of nitrogens with one attached hydrogen (secondary N) is 1. The fourth-order valence-electron chi connectivity index (χ4n) is 2.84. The van der Waals surface area contributed by atoms with Gasteiger partial charge in [0, 0.05) is 12.7 Å². The van der Waals surface area contributed by atoms with Gasteiger partial charge in [0.25, 0.3) is 5.91 Å². The van der Waals surface area contributed by atoms with E-state index in [9.17, 15) is 4.79 Å². The van der Waals surface area contributed by atoms with E-state index in [4.69, 9.17) is 4.42 Å². The lowest BCUT2D eigenvalue weighted by Gasteiger charge is -2.13. The Bertz CT molecular complexity index is 655. The van der Waals surface area contributed by atoms with E-state index in [1.54, 1.807) is 6.07 Å². The fraction of sp³-hybridized carbons (Fsp3) is 0.529. The van der Waals surface area contributed by atoms with E-state index in [0.29, 0.717) is 12.3 Å². The Hall–Kier alpha value is -2.08. The van der Waals surface area contributed by atoms with Crippen molar-refractivity contribution >= 4 is 5.91 Å². The maximum Gasteiger partial charge on any atom is 0.287 e. The van der Waals surface area contributed by atoms with E-state index in [0.717, 1.165) is 31.0 Å². The minimum Gasteiger partial charge on any atom is -0.455 e. The van der Waals surface area contributed by atoms with E-state index in [2.05, 4.69) is 15.3 Å². The van der Waals surface area contributed by atoms with Crippen LogP contribution in [0.1, 0.15) is 47.7 Å². The van der Waals surface area contributed by atoms with E-state index in [1.165, 1.54) is 12.8 Å². The molecule has 1 aliphatic heterocycles. The molecule has 6 heteroatoms. The highest BCUT2D eigenvalue weighted by Crippen LogP contribution is 2.15. The van der Waals surface area contributed by atoms with Crippen molar-refractivity contribution in [3.63, 3.8) is 0 Å². The summed E-state index contributed by atoms with van der Waals surface area (Å²) in [5.41, 5.74) is 1.11. The molecule has 0 aliphatic carbocycles. The second-order valence-corrected chi connectivity index (χ2v) is 6.31. The summed E-state index contributed by atoms with van der Waals surface area (Å²) < 4.78 is 7.53. The van der Waals surface area contributed by atoms with Crippen molar-refractivity contribution in [3.8, 4) is 0 Å². The predicted octanol–water partition coefficient (Wildman–Crippen LogP) is 2.37. The van der Waals surface area contributed by atoms with E-state index in [-0.39, 0.29) is 11.9 Å². The summed E-state index contributed by atoms with van der Waals surface area (Å²) in [6, 6.07) is 3.75. The maximum absolute atomic E-state index is 12.2. The number of nitrogens with zero attached hydrogens (tertiary/aromatic N) is 3. The van der Waals surface area contributed by atoms with Crippen molar-refractivity contribution < 1.29 is 9.21 Å². The summed E-state index contributed by atoms with van der Waals surface area (Å²) in [5.74, 6) is 1.06. The van der Waals surface area contributed by atoms with Gasteiger partial charge in [-0.15, -0.1) is 0 Å². The van der Waals surface area contributed by atoms with Crippen LogP contribution in [0.15, 0.2) is 28.9 Å². The van der Waals surface area contributed by atoms with Crippen molar-refractivity contribution in [2.45, 2.75) is 39.3 Å².